The molecule has 0 fully saturated rings. The monoisotopic (exact) mass is 238 g/mol. The molecular formula is C12H22N4O. The Hall–Kier alpha value is -1.36. The van der Waals surface area contributed by atoms with Gasteiger partial charge in [-0.3, -0.25) is 0 Å². The largest absolute Gasteiger partial charge is 0.394 e. The van der Waals surface area contributed by atoms with Gasteiger partial charge in [-0.15, -0.1) is 0 Å². The first-order valence-corrected chi connectivity index (χ1v) is 6.01. The summed E-state index contributed by atoms with van der Waals surface area (Å²) in [7, 11) is 1.93. The summed E-state index contributed by atoms with van der Waals surface area (Å²) < 4.78 is 0. The molecule has 1 aromatic heterocycles. The van der Waals surface area contributed by atoms with Crippen molar-refractivity contribution in [2.24, 2.45) is 0 Å². The topological polar surface area (TPSA) is 61.3 Å². The minimum atomic E-state index is 0.0441. The van der Waals surface area contributed by atoms with Crippen LogP contribution in [0.15, 0.2) is 6.20 Å². The fraction of sp³-hybridized carbons (Fsp3) is 0.667. The maximum atomic E-state index is 9.17. The van der Waals surface area contributed by atoms with E-state index in [1.54, 1.807) is 6.20 Å². The van der Waals surface area contributed by atoms with Gasteiger partial charge < -0.3 is 15.3 Å². The van der Waals surface area contributed by atoms with Crippen LogP contribution in [0.4, 0.5) is 11.8 Å². The molecule has 0 bridgehead atoms. The molecule has 0 aliphatic carbocycles. The van der Waals surface area contributed by atoms with Crippen LogP contribution in [0.3, 0.4) is 0 Å². The van der Waals surface area contributed by atoms with Crippen LogP contribution < -0.4 is 10.2 Å². The van der Waals surface area contributed by atoms with E-state index in [9.17, 15) is 0 Å². The lowest BCUT2D eigenvalue weighted by Crippen LogP contribution is -2.33. The molecule has 0 aliphatic rings. The minimum absolute atomic E-state index is 0.0441. The van der Waals surface area contributed by atoms with E-state index >= 15 is 0 Å². The SMILES string of the molecule is CCCNc1ncc(C)c(N(C)C(C)CO)n1. The van der Waals surface area contributed by atoms with Gasteiger partial charge in [-0.1, -0.05) is 6.92 Å². The normalized spacial score (nSPS) is 12.3. The van der Waals surface area contributed by atoms with Crippen LogP contribution in [-0.4, -0.2) is 41.3 Å². The maximum Gasteiger partial charge on any atom is 0.224 e. The van der Waals surface area contributed by atoms with Crippen LogP contribution >= 0.6 is 0 Å². The number of aliphatic hydroxyl groups excluding tert-OH is 1. The summed E-state index contributed by atoms with van der Waals surface area (Å²) in [5, 5.41) is 12.3. The molecule has 1 rings (SSSR count). The second kappa shape index (κ2) is 6.39. The average Bonchev–Trinajstić information content (AvgIpc) is 2.36. The smallest absolute Gasteiger partial charge is 0.224 e. The third-order valence-corrected chi connectivity index (χ3v) is 2.74. The predicted molar refractivity (Wildman–Crippen MR) is 70.5 cm³/mol. The van der Waals surface area contributed by atoms with E-state index in [-0.39, 0.29) is 12.6 Å². The van der Waals surface area contributed by atoms with Crippen LogP contribution in [0.1, 0.15) is 25.8 Å². The van der Waals surface area contributed by atoms with Crippen molar-refractivity contribution < 1.29 is 5.11 Å². The van der Waals surface area contributed by atoms with Gasteiger partial charge in [-0.2, -0.15) is 4.98 Å². The lowest BCUT2D eigenvalue weighted by Gasteiger charge is -2.25. The third kappa shape index (κ3) is 3.56. The molecule has 0 aliphatic heterocycles. The Morgan fingerprint density at radius 2 is 2.24 bits per heavy atom. The summed E-state index contributed by atoms with van der Waals surface area (Å²) in [6, 6.07) is 0.0441. The molecule has 5 nitrogen and oxygen atoms in total. The molecule has 0 saturated carbocycles. The number of aromatic nitrogens is 2. The number of aliphatic hydroxyl groups is 1. The van der Waals surface area contributed by atoms with Crippen LogP contribution in [0.25, 0.3) is 0 Å². The number of nitrogens with one attached hydrogen (secondary N) is 1. The molecule has 0 spiro atoms. The molecule has 2 N–H and O–H groups in total. The van der Waals surface area contributed by atoms with Gasteiger partial charge in [-0.05, 0) is 20.3 Å². The third-order valence-electron chi connectivity index (χ3n) is 2.74. The molecular weight excluding hydrogens is 216 g/mol. The summed E-state index contributed by atoms with van der Waals surface area (Å²) >= 11 is 0. The molecule has 0 saturated heterocycles. The molecule has 1 atom stereocenters. The van der Waals surface area contributed by atoms with E-state index in [1.807, 2.05) is 25.8 Å². The van der Waals surface area contributed by atoms with Crippen molar-refractivity contribution in [3.05, 3.63) is 11.8 Å². The van der Waals surface area contributed by atoms with Crippen molar-refractivity contribution >= 4 is 11.8 Å². The maximum absolute atomic E-state index is 9.17. The molecule has 5 heteroatoms. The number of rotatable bonds is 6. The van der Waals surface area contributed by atoms with Gasteiger partial charge in [0.15, 0.2) is 0 Å². The molecule has 1 aromatic rings. The van der Waals surface area contributed by atoms with E-state index < -0.39 is 0 Å². The number of hydrogen-bond donors (Lipinski definition) is 2. The summed E-state index contributed by atoms with van der Waals surface area (Å²) in [4.78, 5) is 10.7. The summed E-state index contributed by atoms with van der Waals surface area (Å²) in [5.74, 6) is 1.50. The molecule has 0 amide bonds. The number of anilines is 2. The second-order valence-electron chi connectivity index (χ2n) is 4.27. The van der Waals surface area contributed by atoms with Crippen molar-refractivity contribution in [1.82, 2.24) is 9.97 Å². The number of nitrogens with zero attached hydrogens (tertiary/aromatic N) is 3. The van der Waals surface area contributed by atoms with Crippen LogP contribution in [0.5, 0.6) is 0 Å². The van der Waals surface area contributed by atoms with E-state index in [4.69, 9.17) is 5.11 Å². The number of hydrogen-bond acceptors (Lipinski definition) is 5. The zero-order valence-electron chi connectivity index (χ0n) is 11.1. The summed E-state index contributed by atoms with van der Waals surface area (Å²) in [6.45, 7) is 7.00. The van der Waals surface area contributed by atoms with Gasteiger partial charge in [0, 0.05) is 25.4 Å². The average molecular weight is 238 g/mol. The Kier molecular flexibility index (Phi) is 5.15. The second-order valence-corrected chi connectivity index (χ2v) is 4.27. The van der Waals surface area contributed by atoms with Gasteiger partial charge in [0.1, 0.15) is 5.82 Å². The summed E-state index contributed by atoms with van der Waals surface area (Å²) in [5.41, 5.74) is 1.01. The van der Waals surface area contributed by atoms with Crippen LogP contribution in [0, 0.1) is 6.92 Å². The highest BCUT2D eigenvalue weighted by Gasteiger charge is 2.13. The fourth-order valence-corrected chi connectivity index (χ4v) is 1.44. The lowest BCUT2D eigenvalue weighted by atomic mass is 10.2. The predicted octanol–water partition coefficient (Wildman–Crippen LogP) is 1.42. The molecule has 0 aromatic carbocycles. The zero-order chi connectivity index (χ0) is 12.8. The van der Waals surface area contributed by atoms with Gasteiger partial charge in [0.05, 0.1) is 12.6 Å². The van der Waals surface area contributed by atoms with Gasteiger partial charge in [0.25, 0.3) is 0 Å². The lowest BCUT2D eigenvalue weighted by molar-refractivity contribution is 0.269. The van der Waals surface area contributed by atoms with E-state index in [2.05, 4.69) is 22.2 Å². The number of aryl methyl sites for hydroxylation is 1. The first-order chi connectivity index (χ1) is 8.10. The summed E-state index contributed by atoms with van der Waals surface area (Å²) in [6.07, 6.45) is 2.84. The Morgan fingerprint density at radius 3 is 2.82 bits per heavy atom. The van der Waals surface area contributed by atoms with Crippen molar-refractivity contribution in [3.63, 3.8) is 0 Å². The molecule has 17 heavy (non-hydrogen) atoms. The molecule has 0 radical (unpaired) electrons. The minimum Gasteiger partial charge on any atom is -0.394 e. The quantitative estimate of drug-likeness (QED) is 0.785. The fourth-order valence-electron chi connectivity index (χ4n) is 1.44. The van der Waals surface area contributed by atoms with Crippen LogP contribution in [-0.2, 0) is 0 Å². The van der Waals surface area contributed by atoms with Crippen molar-refractivity contribution in [3.8, 4) is 0 Å². The Labute approximate surface area is 103 Å². The van der Waals surface area contributed by atoms with Crippen LogP contribution in [0.2, 0.25) is 0 Å². The molecule has 96 valence electrons. The highest BCUT2D eigenvalue weighted by Crippen LogP contribution is 2.18. The highest BCUT2D eigenvalue weighted by molar-refractivity contribution is 5.49. The van der Waals surface area contributed by atoms with Crippen molar-refractivity contribution in [2.75, 3.05) is 30.4 Å². The first kappa shape index (κ1) is 13.7. The Morgan fingerprint density at radius 1 is 1.53 bits per heavy atom. The van der Waals surface area contributed by atoms with E-state index in [0.717, 1.165) is 24.3 Å². The zero-order valence-corrected chi connectivity index (χ0v) is 11.1. The van der Waals surface area contributed by atoms with Gasteiger partial charge in [0.2, 0.25) is 5.95 Å². The van der Waals surface area contributed by atoms with E-state index in [1.165, 1.54) is 0 Å². The van der Waals surface area contributed by atoms with E-state index in [0.29, 0.717) is 5.95 Å². The Bertz CT molecular complexity index is 356. The highest BCUT2D eigenvalue weighted by atomic mass is 16.3. The van der Waals surface area contributed by atoms with Crippen molar-refractivity contribution in [2.45, 2.75) is 33.2 Å². The number of likely N-dealkylation sites (N-methyl/N-ethyl adjacent to an activating group) is 1. The Balaban J connectivity index is 2.89. The van der Waals surface area contributed by atoms with Gasteiger partial charge >= 0.3 is 0 Å². The van der Waals surface area contributed by atoms with Gasteiger partial charge in [-0.25, -0.2) is 4.98 Å². The van der Waals surface area contributed by atoms with Crippen molar-refractivity contribution in [1.29, 1.82) is 0 Å². The molecule has 1 heterocycles. The first-order valence-electron chi connectivity index (χ1n) is 6.01. The standard InChI is InChI=1S/C12H22N4O/c1-5-6-13-12-14-7-9(2)11(15-12)16(4)10(3)8-17/h7,10,17H,5-6,8H2,1-4H3,(H,13,14,15). The molecule has 1 unspecified atom stereocenters.